The number of benzene rings is 1. The van der Waals surface area contributed by atoms with Gasteiger partial charge in [0.05, 0.1) is 6.10 Å². The first-order chi connectivity index (χ1) is 9.02. The van der Waals surface area contributed by atoms with Crippen LogP contribution < -0.4 is 15.8 Å². The molecule has 0 bridgehead atoms. The average molecular weight is 371 g/mol. The fourth-order valence-electron chi connectivity index (χ4n) is 1.35. The molecule has 1 aromatic heterocycles. The molecule has 19 heavy (non-hydrogen) atoms. The van der Waals surface area contributed by atoms with Crippen molar-refractivity contribution in [3.63, 3.8) is 0 Å². The summed E-state index contributed by atoms with van der Waals surface area (Å²) in [6, 6.07) is 8.06. The minimum Gasteiger partial charge on any atom is -0.461 e. The summed E-state index contributed by atoms with van der Waals surface area (Å²) in [5.74, 6) is 0.489. The molecule has 0 saturated carbocycles. The highest BCUT2D eigenvalue weighted by Gasteiger charge is 2.07. The maximum absolute atomic E-state index is 5.63. The van der Waals surface area contributed by atoms with E-state index < -0.39 is 0 Å². The Morgan fingerprint density at radius 3 is 2.47 bits per heavy atom. The number of nitrogen functional groups attached to an aromatic ring is 1. The second kappa shape index (κ2) is 6.00. The fourth-order valence-corrected chi connectivity index (χ4v) is 1.71. The van der Waals surface area contributed by atoms with Crippen molar-refractivity contribution < 1.29 is 4.74 Å². The molecule has 0 saturated heterocycles. The van der Waals surface area contributed by atoms with E-state index in [1.165, 1.54) is 0 Å². The van der Waals surface area contributed by atoms with Gasteiger partial charge in [-0.05, 0) is 60.7 Å². The molecule has 0 unspecified atom stereocenters. The summed E-state index contributed by atoms with van der Waals surface area (Å²) in [6.45, 7) is 3.79. The van der Waals surface area contributed by atoms with Crippen molar-refractivity contribution in [2.75, 3.05) is 11.1 Å². The van der Waals surface area contributed by atoms with Crippen LogP contribution in [0.2, 0.25) is 0 Å². The first kappa shape index (κ1) is 13.8. The quantitative estimate of drug-likeness (QED) is 0.804. The average Bonchev–Trinajstić information content (AvgIpc) is 2.30. The predicted octanol–water partition coefficient (Wildman–Crippen LogP) is 2.59. The van der Waals surface area contributed by atoms with Crippen molar-refractivity contribution in [3.05, 3.63) is 27.8 Å². The topological polar surface area (TPSA) is 86.0 Å². The zero-order valence-electron chi connectivity index (χ0n) is 10.6. The van der Waals surface area contributed by atoms with E-state index in [9.17, 15) is 0 Å². The van der Waals surface area contributed by atoms with Crippen LogP contribution >= 0.6 is 22.6 Å². The van der Waals surface area contributed by atoms with E-state index >= 15 is 0 Å². The van der Waals surface area contributed by atoms with Gasteiger partial charge in [-0.3, -0.25) is 0 Å². The maximum Gasteiger partial charge on any atom is 0.323 e. The Hall–Kier alpha value is -1.64. The minimum atomic E-state index is -0.0204. The number of hydrogen-bond donors (Lipinski definition) is 2. The summed E-state index contributed by atoms with van der Waals surface area (Å²) in [5, 5.41) is 3.06. The highest BCUT2D eigenvalue weighted by molar-refractivity contribution is 14.1. The lowest BCUT2D eigenvalue weighted by Crippen LogP contribution is -2.11. The molecule has 6 nitrogen and oxygen atoms in total. The van der Waals surface area contributed by atoms with Gasteiger partial charge >= 0.3 is 6.01 Å². The van der Waals surface area contributed by atoms with E-state index in [0.717, 1.165) is 9.26 Å². The third kappa shape index (κ3) is 4.19. The van der Waals surface area contributed by atoms with Gasteiger partial charge in [-0.25, -0.2) is 0 Å². The van der Waals surface area contributed by atoms with Crippen LogP contribution in [0.25, 0.3) is 0 Å². The summed E-state index contributed by atoms with van der Waals surface area (Å²) >= 11 is 2.24. The molecular formula is C12H14IN5O. The molecule has 0 amide bonds. The monoisotopic (exact) mass is 371 g/mol. The lowest BCUT2D eigenvalue weighted by molar-refractivity contribution is 0.222. The first-order valence-corrected chi connectivity index (χ1v) is 6.81. The Morgan fingerprint density at radius 2 is 1.84 bits per heavy atom. The van der Waals surface area contributed by atoms with E-state index in [4.69, 9.17) is 10.5 Å². The van der Waals surface area contributed by atoms with E-state index in [-0.39, 0.29) is 18.1 Å². The molecule has 100 valence electrons. The second-order valence-corrected chi connectivity index (χ2v) is 5.34. The van der Waals surface area contributed by atoms with Crippen molar-refractivity contribution in [1.82, 2.24) is 15.0 Å². The Kier molecular flexibility index (Phi) is 4.35. The van der Waals surface area contributed by atoms with Crippen molar-refractivity contribution >= 4 is 40.2 Å². The molecule has 0 aliphatic rings. The van der Waals surface area contributed by atoms with Gasteiger partial charge in [0.15, 0.2) is 0 Å². The Labute approximate surface area is 125 Å². The molecular weight excluding hydrogens is 357 g/mol. The third-order valence-electron chi connectivity index (χ3n) is 2.07. The molecule has 7 heteroatoms. The van der Waals surface area contributed by atoms with Crippen molar-refractivity contribution in [2.45, 2.75) is 20.0 Å². The van der Waals surface area contributed by atoms with Gasteiger partial charge in [0, 0.05) is 9.26 Å². The van der Waals surface area contributed by atoms with Crippen LogP contribution in [0.15, 0.2) is 24.3 Å². The number of halogens is 1. The Balaban J connectivity index is 2.19. The minimum absolute atomic E-state index is 0.0204. The molecule has 0 fully saturated rings. The maximum atomic E-state index is 5.63. The zero-order chi connectivity index (χ0) is 13.8. The largest absolute Gasteiger partial charge is 0.461 e. The van der Waals surface area contributed by atoms with Crippen molar-refractivity contribution in [1.29, 1.82) is 0 Å². The summed E-state index contributed by atoms with van der Waals surface area (Å²) < 4.78 is 6.56. The number of rotatable bonds is 4. The van der Waals surface area contributed by atoms with Gasteiger partial charge in [0.2, 0.25) is 11.9 Å². The van der Waals surface area contributed by atoms with Gasteiger partial charge in [0.1, 0.15) is 0 Å². The molecule has 0 aliphatic heterocycles. The van der Waals surface area contributed by atoms with Gasteiger partial charge in [-0.15, -0.1) is 0 Å². The summed E-state index contributed by atoms with van der Waals surface area (Å²) in [7, 11) is 0. The SMILES string of the molecule is CC(C)Oc1nc(N)nc(Nc2ccc(I)cc2)n1. The molecule has 0 atom stereocenters. The summed E-state index contributed by atoms with van der Waals surface area (Å²) in [5.41, 5.74) is 6.51. The molecule has 1 heterocycles. The molecule has 0 aliphatic carbocycles. The molecule has 2 aromatic rings. The number of aromatic nitrogens is 3. The Morgan fingerprint density at radius 1 is 1.16 bits per heavy atom. The molecule has 0 spiro atoms. The van der Waals surface area contributed by atoms with Crippen LogP contribution in [0.4, 0.5) is 17.6 Å². The van der Waals surface area contributed by atoms with Crippen LogP contribution in [-0.4, -0.2) is 21.1 Å². The molecule has 1 aromatic carbocycles. The zero-order valence-corrected chi connectivity index (χ0v) is 12.7. The first-order valence-electron chi connectivity index (χ1n) is 5.74. The van der Waals surface area contributed by atoms with Crippen molar-refractivity contribution in [3.8, 4) is 6.01 Å². The lowest BCUT2D eigenvalue weighted by atomic mass is 10.3. The lowest BCUT2D eigenvalue weighted by Gasteiger charge is -2.10. The van der Waals surface area contributed by atoms with Crippen LogP contribution in [0, 0.1) is 3.57 Å². The van der Waals surface area contributed by atoms with E-state index in [1.807, 2.05) is 38.1 Å². The predicted molar refractivity (Wildman–Crippen MR) is 82.4 cm³/mol. The standard InChI is InChI=1S/C12H14IN5O/c1-7(2)19-12-17-10(14)16-11(18-12)15-9-5-3-8(13)4-6-9/h3-7H,1-2H3,(H3,14,15,16,17,18). The van der Waals surface area contributed by atoms with Gasteiger partial charge in [-0.2, -0.15) is 15.0 Å². The van der Waals surface area contributed by atoms with Crippen LogP contribution in [0.5, 0.6) is 6.01 Å². The van der Waals surface area contributed by atoms with E-state index in [1.54, 1.807) is 0 Å². The van der Waals surface area contributed by atoms with Crippen LogP contribution in [0.3, 0.4) is 0 Å². The number of anilines is 3. The third-order valence-corrected chi connectivity index (χ3v) is 2.79. The van der Waals surface area contributed by atoms with Crippen molar-refractivity contribution in [2.24, 2.45) is 0 Å². The van der Waals surface area contributed by atoms with E-state index in [0.29, 0.717) is 5.95 Å². The smallest absolute Gasteiger partial charge is 0.323 e. The number of nitrogens with zero attached hydrogens (tertiary/aromatic N) is 3. The second-order valence-electron chi connectivity index (χ2n) is 4.10. The number of hydrogen-bond acceptors (Lipinski definition) is 6. The fraction of sp³-hybridized carbons (Fsp3) is 0.250. The highest BCUT2D eigenvalue weighted by Crippen LogP contribution is 2.17. The van der Waals surface area contributed by atoms with Crippen LogP contribution in [0.1, 0.15) is 13.8 Å². The van der Waals surface area contributed by atoms with Gasteiger partial charge in [-0.1, -0.05) is 0 Å². The number of nitrogens with one attached hydrogen (secondary N) is 1. The van der Waals surface area contributed by atoms with Gasteiger partial charge in [0.25, 0.3) is 0 Å². The van der Waals surface area contributed by atoms with Gasteiger partial charge < -0.3 is 15.8 Å². The normalized spacial score (nSPS) is 10.5. The van der Waals surface area contributed by atoms with E-state index in [2.05, 4.69) is 42.9 Å². The summed E-state index contributed by atoms with van der Waals surface area (Å²) in [6.07, 6.45) is -0.0204. The molecule has 2 rings (SSSR count). The molecule has 0 radical (unpaired) electrons. The Bertz CT molecular complexity index is 559. The van der Waals surface area contributed by atoms with Crippen LogP contribution in [-0.2, 0) is 0 Å². The number of ether oxygens (including phenoxy) is 1. The highest BCUT2D eigenvalue weighted by atomic mass is 127. The number of nitrogens with two attached hydrogens (primary N) is 1. The molecule has 3 N–H and O–H groups in total. The summed E-state index contributed by atoms with van der Waals surface area (Å²) in [4.78, 5) is 12.1.